The van der Waals surface area contributed by atoms with Gasteiger partial charge in [0.1, 0.15) is 0 Å². The number of hydrogen-bond acceptors (Lipinski definition) is 2. The van der Waals surface area contributed by atoms with Crippen LogP contribution in [0.25, 0.3) is 10.9 Å². The van der Waals surface area contributed by atoms with Gasteiger partial charge in [-0.2, -0.15) is 0 Å². The number of hydrogen-bond donors (Lipinski definition) is 2. The largest absolute Gasteiger partial charge is 0.378 e. The molecule has 1 heterocycles. The van der Waals surface area contributed by atoms with Crippen molar-refractivity contribution in [1.29, 1.82) is 0 Å². The summed E-state index contributed by atoms with van der Waals surface area (Å²) in [5.41, 5.74) is 4.26. The lowest BCUT2D eigenvalue weighted by molar-refractivity contribution is -0.0130. The molecule has 2 aromatic rings. The molecule has 3 nitrogen and oxygen atoms in total. The van der Waals surface area contributed by atoms with Gasteiger partial charge in [0.25, 0.3) is 0 Å². The summed E-state index contributed by atoms with van der Waals surface area (Å²) in [5.74, 6) is 0. The lowest BCUT2D eigenvalue weighted by Crippen LogP contribution is -2.47. The summed E-state index contributed by atoms with van der Waals surface area (Å²) in [6.45, 7) is 2.92. The molecule has 21 heavy (non-hydrogen) atoms. The van der Waals surface area contributed by atoms with E-state index in [1.165, 1.54) is 54.3 Å². The number of benzene rings is 1. The Kier molecular flexibility index (Phi) is 3.48. The van der Waals surface area contributed by atoms with Crippen molar-refractivity contribution < 1.29 is 4.74 Å². The maximum Gasteiger partial charge on any atom is 0.0604 e. The third kappa shape index (κ3) is 2.39. The molecule has 0 bridgehead atoms. The average Bonchev–Trinajstić information content (AvgIpc) is 2.85. The second-order valence-corrected chi connectivity index (χ2v) is 6.42. The summed E-state index contributed by atoms with van der Waals surface area (Å²) in [6.07, 6.45) is 6.56. The van der Waals surface area contributed by atoms with Crippen LogP contribution < -0.4 is 5.32 Å². The molecular weight excluding hydrogens is 260 g/mol. The number of aryl methyl sites for hydroxylation is 1. The van der Waals surface area contributed by atoms with Crippen LogP contribution in [0.5, 0.6) is 0 Å². The van der Waals surface area contributed by atoms with Crippen molar-refractivity contribution in [2.75, 3.05) is 6.61 Å². The molecule has 2 N–H and O–H groups in total. The molecule has 1 saturated carbocycles. The molecule has 1 aromatic heterocycles. The zero-order valence-electron chi connectivity index (χ0n) is 12.7. The fraction of sp³-hybridized carbons (Fsp3) is 0.556. The molecule has 0 aliphatic heterocycles. The topological polar surface area (TPSA) is 37.0 Å². The molecule has 1 aromatic carbocycles. The van der Waals surface area contributed by atoms with Gasteiger partial charge in [0.05, 0.1) is 6.10 Å². The van der Waals surface area contributed by atoms with Crippen LogP contribution in [0.2, 0.25) is 0 Å². The summed E-state index contributed by atoms with van der Waals surface area (Å²) in [6, 6.07) is 9.83. The Morgan fingerprint density at radius 2 is 2.14 bits per heavy atom. The van der Waals surface area contributed by atoms with Crippen molar-refractivity contribution in [2.24, 2.45) is 0 Å². The predicted molar refractivity (Wildman–Crippen MR) is 85.5 cm³/mol. The minimum Gasteiger partial charge on any atom is -0.378 e. The monoisotopic (exact) mass is 284 g/mol. The average molecular weight is 284 g/mol. The Balaban J connectivity index is 1.51. The maximum absolute atomic E-state index is 5.67. The first kappa shape index (κ1) is 13.4. The van der Waals surface area contributed by atoms with Crippen molar-refractivity contribution in [2.45, 2.75) is 57.2 Å². The molecule has 3 heteroatoms. The van der Waals surface area contributed by atoms with E-state index in [0.717, 1.165) is 6.61 Å². The Morgan fingerprint density at radius 3 is 3.00 bits per heavy atom. The Labute approximate surface area is 126 Å². The van der Waals surface area contributed by atoms with E-state index < -0.39 is 0 Å². The second kappa shape index (κ2) is 5.47. The van der Waals surface area contributed by atoms with Crippen LogP contribution in [0.3, 0.4) is 0 Å². The van der Waals surface area contributed by atoms with E-state index in [2.05, 4.69) is 41.5 Å². The molecule has 1 fully saturated rings. The van der Waals surface area contributed by atoms with Crippen LogP contribution in [0.15, 0.2) is 24.3 Å². The smallest absolute Gasteiger partial charge is 0.0604 e. The highest BCUT2D eigenvalue weighted by molar-refractivity contribution is 5.85. The maximum atomic E-state index is 5.67. The van der Waals surface area contributed by atoms with Crippen LogP contribution in [-0.2, 0) is 11.2 Å². The number of para-hydroxylation sites is 1. The van der Waals surface area contributed by atoms with Gasteiger partial charge in [0.15, 0.2) is 0 Å². The molecule has 1 unspecified atom stereocenters. The van der Waals surface area contributed by atoms with Gasteiger partial charge in [0, 0.05) is 35.3 Å². The lowest BCUT2D eigenvalue weighted by Gasteiger charge is -2.39. The van der Waals surface area contributed by atoms with E-state index in [1.54, 1.807) is 0 Å². The second-order valence-electron chi connectivity index (χ2n) is 6.42. The molecule has 1 atom stereocenters. The molecule has 2 aliphatic carbocycles. The van der Waals surface area contributed by atoms with Gasteiger partial charge in [-0.15, -0.1) is 0 Å². The Bertz CT molecular complexity index is 627. The van der Waals surface area contributed by atoms with Gasteiger partial charge in [0.2, 0.25) is 0 Å². The number of rotatable bonds is 4. The van der Waals surface area contributed by atoms with Crippen molar-refractivity contribution in [3.8, 4) is 0 Å². The van der Waals surface area contributed by atoms with Gasteiger partial charge < -0.3 is 15.0 Å². The van der Waals surface area contributed by atoms with Gasteiger partial charge in [-0.05, 0) is 50.7 Å². The summed E-state index contributed by atoms with van der Waals surface area (Å²) in [4.78, 5) is 3.66. The van der Waals surface area contributed by atoms with Crippen LogP contribution in [-0.4, -0.2) is 23.7 Å². The molecule has 0 saturated heterocycles. The molecule has 2 aliphatic rings. The standard InChI is InChI=1S/C18H24N2O/c1-2-21-13-10-12(11-13)19-17-9-5-7-15-14-6-3-4-8-16(14)20-18(15)17/h3-4,6,8,12-13,17,19-20H,2,5,7,9-11H2,1H3. The molecule has 4 rings (SSSR count). The van der Waals surface area contributed by atoms with Gasteiger partial charge in [-0.3, -0.25) is 0 Å². The van der Waals surface area contributed by atoms with E-state index in [-0.39, 0.29) is 0 Å². The first-order chi connectivity index (χ1) is 10.3. The quantitative estimate of drug-likeness (QED) is 0.898. The van der Waals surface area contributed by atoms with Crippen molar-refractivity contribution in [3.05, 3.63) is 35.5 Å². The Morgan fingerprint density at radius 1 is 1.29 bits per heavy atom. The number of aromatic amines is 1. The van der Waals surface area contributed by atoms with Crippen LogP contribution in [0, 0.1) is 0 Å². The first-order valence-electron chi connectivity index (χ1n) is 8.32. The highest BCUT2D eigenvalue weighted by Gasteiger charge is 2.33. The molecule has 0 radical (unpaired) electrons. The fourth-order valence-corrected chi connectivity index (χ4v) is 3.94. The minimum absolute atomic E-state index is 0.485. The predicted octanol–water partition coefficient (Wildman–Crippen LogP) is 3.70. The van der Waals surface area contributed by atoms with Gasteiger partial charge in [-0.25, -0.2) is 0 Å². The third-order valence-corrected chi connectivity index (χ3v) is 5.05. The minimum atomic E-state index is 0.485. The van der Waals surface area contributed by atoms with E-state index in [0.29, 0.717) is 18.2 Å². The zero-order valence-corrected chi connectivity index (χ0v) is 12.7. The van der Waals surface area contributed by atoms with E-state index >= 15 is 0 Å². The van der Waals surface area contributed by atoms with E-state index in [1.807, 2.05) is 0 Å². The normalized spacial score (nSPS) is 28.3. The summed E-state index contributed by atoms with van der Waals surface area (Å²) < 4.78 is 5.67. The van der Waals surface area contributed by atoms with Crippen LogP contribution in [0.1, 0.15) is 49.9 Å². The van der Waals surface area contributed by atoms with Crippen LogP contribution >= 0.6 is 0 Å². The van der Waals surface area contributed by atoms with E-state index in [9.17, 15) is 0 Å². The Hall–Kier alpha value is -1.32. The zero-order chi connectivity index (χ0) is 14.2. The van der Waals surface area contributed by atoms with Gasteiger partial charge >= 0.3 is 0 Å². The van der Waals surface area contributed by atoms with Crippen molar-refractivity contribution in [1.82, 2.24) is 10.3 Å². The number of fused-ring (bicyclic) bond motifs is 3. The molecular formula is C18H24N2O. The highest BCUT2D eigenvalue weighted by Crippen LogP contribution is 2.36. The highest BCUT2D eigenvalue weighted by atomic mass is 16.5. The third-order valence-electron chi connectivity index (χ3n) is 5.05. The van der Waals surface area contributed by atoms with Gasteiger partial charge in [-0.1, -0.05) is 18.2 Å². The first-order valence-corrected chi connectivity index (χ1v) is 8.32. The SMILES string of the molecule is CCOC1CC(NC2CCCc3c2[nH]c2ccccc32)C1. The summed E-state index contributed by atoms with van der Waals surface area (Å²) in [7, 11) is 0. The number of nitrogens with one attached hydrogen (secondary N) is 2. The van der Waals surface area contributed by atoms with E-state index in [4.69, 9.17) is 4.74 Å². The summed E-state index contributed by atoms with van der Waals surface area (Å²) >= 11 is 0. The fourth-order valence-electron chi connectivity index (χ4n) is 3.94. The number of H-pyrrole nitrogens is 1. The molecule has 112 valence electrons. The number of ether oxygens (including phenoxy) is 1. The van der Waals surface area contributed by atoms with Crippen molar-refractivity contribution >= 4 is 10.9 Å². The van der Waals surface area contributed by atoms with Crippen molar-refractivity contribution in [3.63, 3.8) is 0 Å². The summed E-state index contributed by atoms with van der Waals surface area (Å²) in [5, 5.41) is 5.27. The number of aromatic nitrogens is 1. The molecule has 0 amide bonds. The lowest BCUT2D eigenvalue weighted by atomic mass is 9.85. The molecule has 0 spiro atoms. The van der Waals surface area contributed by atoms with Crippen LogP contribution in [0.4, 0.5) is 0 Å².